The van der Waals surface area contributed by atoms with E-state index in [0.29, 0.717) is 23.0 Å². The number of hydrogen-bond acceptors (Lipinski definition) is 5. The molecule has 0 amide bonds. The molecule has 23 heavy (non-hydrogen) atoms. The first kappa shape index (κ1) is 15.2. The van der Waals surface area contributed by atoms with E-state index in [1.165, 1.54) is 0 Å². The van der Waals surface area contributed by atoms with E-state index in [9.17, 15) is 0 Å². The third-order valence-electron chi connectivity index (χ3n) is 3.14. The average Bonchev–Trinajstić information content (AvgIpc) is 3.12. The van der Waals surface area contributed by atoms with Gasteiger partial charge in [-0.1, -0.05) is 0 Å². The van der Waals surface area contributed by atoms with Gasteiger partial charge in [-0.05, 0) is 62.5 Å². The Balaban J connectivity index is 1.92. The molecule has 2 aromatic heterocycles. The normalized spacial score (nSPS) is 11.2. The molecule has 0 unspecified atom stereocenters. The van der Waals surface area contributed by atoms with Crippen LogP contribution in [-0.4, -0.2) is 27.7 Å². The molecule has 0 aliphatic heterocycles. The summed E-state index contributed by atoms with van der Waals surface area (Å²) in [6, 6.07) is 11.3. The highest BCUT2D eigenvalue weighted by molar-refractivity contribution is 7.71. The number of rotatable bonds is 5. The minimum Gasteiger partial charge on any atom is -0.494 e. The molecule has 0 aliphatic carbocycles. The molecule has 6 nitrogen and oxygen atoms in total. The molecule has 118 valence electrons. The molecular formula is C16H16N4O2S. The summed E-state index contributed by atoms with van der Waals surface area (Å²) in [5, 5.41) is 11.4. The van der Waals surface area contributed by atoms with E-state index < -0.39 is 0 Å². The van der Waals surface area contributed by atoms with Gasteiger partial charge in [0, 0.05) is 5.56 Å². The summed E-state index contributed by atoms with van der Waals surface area (Å²) in [4.78, 5) is 0. The van der Waals surface area contributed by atoms with E-state index in [4.69, 9.17) is 21.4 Å². The van der Waals surface area contributed by atoms with Gasteiger partial charge in [-0.25, -0.2) is 5.10 Å². The van der Waals surface area contributed by atoms with Crippen LogP contribution in [0.15, 0.2) is 45.9 Å². The number of ether oxygens (including phenoxy) is 1. The van der Waals surface area contributed by atoms with Gasteiger partial charge in [0.15, 0.2) is 5.82 Å². The topological polar surface area (TPSA) is 68.3 Å². The third-order valence-corrected chi connectivity index (χ3v) is 3.40. The summed E-state index contributed by atoms with van der Waals surface area (Å²) in [6.45, 7) is 4.46. The third kappa shape index (κ3) is 3.40. The molecule has 7 heteroatoms. The lowest BCUT2D eigenvalue weighted by molar-refractivity contribution is 0.340. The molecule has 3 aromatic rings. The lowest BCUT2D eigenvalue weighted by Gasteiger charge is -2.04. The molecule has 0 aliphatic rings. The summed E-state index contributed by atoms with van der Waals surface area (Å²) in [5.41, 5.74) is 0.883. The Morgan fingerprint density at radius 3 is 2.74 bits per heavy atom. The molecule has 0 saturated heterocycles. The van der Waals surface area contributed by atoms with Gasteiger partial charge in [0.2, 0.25) is 4.77 Å². The lowest BCUT2D eigenvalue weighted by Crippen LogP contribution is -1.95. The summed E-state index contributed by atoms with van der Waals surface area (Å²) in [5.74, 6) is 2.92. The summed E-state index contributed by atoms with van der Waals surface area (Å²) < 4.78 is 12.9. The fourth-order valence-electron chi connectivity index (χ4n) is 2.09. The van der Waals surface area contributed by atoms with Crippen LogP contribution in [0.1, 0.15) is 18.4 Å². The van der Waals surface area contributed by atoms with E-state index in [-0.39, 0.29) is 0 Å². The van der Waals surface area contributed by atoms with E-state index in [0.717, 1.165) is 17.1 Å². The first-order valence-electron chi connectivity index (χ1n) is 7.19. The Morgan fingerprint density at radius 1 is 1.30 bits per heavy atom. The van der Waals surface area contributed by atoms with Crippen LogP contribution in [0.2, 0.25) is 0 Å². The van der Waals surface area contributed by atoms with Crippen LogP contribution in [0.5, 0.6) is 5.75 Å². The zero-order valence-electron chi connectivity index (χ0n) is 12.8. The van der Waals surface area contributed by atoms with Crippen molar-refractivity contribution < 1.29 is 9.15 Å². The second kappa shape index (κ2) is 6.62. The number of hydrogen-bond donors (Lipinski definition) is 1. The van der Waals surface area contributed by atoms with Crippen molar-refractivity contribution >= 4 is 18.4 Å². The van der Waals surface area contributed by atoms with Gasteiger partial charge in [-0.2, -0.15) is 14.9 Å². The lowest BCUT2D eigenvalue weighted by atomic mass is 10.2. The molecule has 2 heterocycles. The largest absolute Gasteiger partial charge is 0.494 e. The number of aromatic amines is 1. The minimum atomic E-state index is 0.411. The number of H-pyrrole nitrogens is 1. The van der Waals surface area contributed by atoms with Crippen molar-refractivity contribution in [3.05, 3.63) is 52.7 Å². The monoisotopic (exact) mass is 328 g/mol. The standard InChI is InChI=1S/C16H16N4O2S/c1-3-21-13-8-5-12(6-9-13)15-18-19-16(23)20(15)17-10-14-7-4-11(2)22-14/h4-10H,3H2,1-2H3,(H,19,23)/b17-10-. The summed E-state index contributed by atoms with van der Waals surface area (Å²) in [7, 11) is 0. The van der Waals surface area contributed by atoms with Gasteiger partial charge in [0.25, 0.3) is 0 Å². The Labute approximate surface area is 138 Å². The van der Waals surface area contributed by atoms with Crippen molar-refractivity contribution in [2.45, 2.75) is 13.8 Å². The van der Waals surface area contributed by atoms with Gasteiger partial charge in [0.1, 0.15) is 17.3 Å². The average molecular weight is 328 g/mol. The fourth-order valence-corrected chi connectivity index (χ4v) is 2.27. The fraction of sp³-hybridized carbons (Fsp3) is 0.188. The second-order valence-corrected chi connectivity index (χ2v) is 5.20. The van der Waals surface area contributed by atoms with Crippen molar-refractivity contribution in [3.8, 4) is 17.1 Å². The SMILES string of the molecule is CCOc1ccc(-c2n[nH]c(=S)n2/N=C\c2ccc(C)o2)cc1. The number of benzene rings is 1. The van der Waals surface area contributed by atoms with Crippen molar-refractivity contribution in [2.75, 3.05) is 6.61 Å². The van der Waals surface area contributed by atoms with Gasteiger partial charge >= 0.3 is 0 Å². The molecule has 1 aromatic carbocycles. The highest BCUT2D eigenvalue weighted by Gasteiger charge is 2.08. The molecule has 0 atom stereocenters. The Bertz CT molecular complexity index is 874. The van der Waals surface area contributed by atoms with Crippen molar-refractivity contribution in [1.29, 1.82) is 0 Å². The smallest absolute Gasteiger partial charge is 0.216 e. The van der Waals surface area contributed by atoms with E-state index in [1.54, 1.807) is 10.9 Å². The Hall–Kier alpha value is -2.67. The predicted molar refractivity (Wildman–Crippen MR) is 90.5 cm³/mol. The van der Waals surface area contributed by atoms with Gasteiger partial charge in [-0.15, -0.1) is 0 Å². The molecule has 1 N–H and O–H groups in total. The molecule has 0 bridgehead atoms. The zero-order chi connectivity index (χ0) is 16.2. The quantitative estimate of drug-likeness (QED) is 0.571. The first-order valence-corrected chi connectivity index (χ1v) is 7.59. The number of nitrogens with zero attached hydrogens (tertiary/aromatic N) is 3. The van der Waals surface area contributed by atoms with Gasteiger partial charge in [0.05, 0.1) is 12.8 Å². The van der Waals surface area contributed by atoms with E-state index in [2.05, 4.69) is 15.3 Å². The maximum atomic E-state index is 5.47. The van der Waals surface area contributed by atoms with E-state index in [1.807, 2.05) is 50.2 Å². The predicted octanol–water partition coefficient (Wildman–Crippen LogP) is 3.79. The number of furan rings is 1. The summed E-state index contributed by atoms with van der Waals surface area (Å²) in [6.07, 6.45) is 1.61. The van der Waals surface area contributed by atoms with E-state index >= 15 is 0 Å². The van der Waals surface area contributed by atoms with Gasteiger partial charge in [-0.3, -0.25) is 0 Å². The Morgan fingerprint density at radius 2 is 2.09 bits per heavy atom. The van der Waals surface area contributed by atoms with Crippen molar-refractivity contribution in [3.63, 3.8) is 0 Å². The van der Waals surface area contributed by atoms with Crippen LogP contribution in [0.4, 0.5) is 0 Å². The van der Waals surface area contributed by atoms with Crippen molar-refractivity contribution in [2.24, 2.45) is 5.10 Å². The molecular weight excluding hydrogens is 312 g/mol. The maximum absolute atomic E-state index is 5.47. The van der Waals surface area contributed by atoms with Gasteiger partial charge < -0.3 is 9.15 Å². The van der Waals surface area contributed by atoms with Crippen LogP contribution < -0.4 is 4.74 Å². The zero-order valence-corrected chi connectivity index (χ0v) is 13.6. The molecule has 0 spiro atoms. The first-order chi connectivity index (χ1) is 11.2. The molecule has 0 radical (unpaired) electrons. The van der Waals surface area contributed by atoms with Crippen LogP contribution in [-0.2, 0) is 0 Å². The molecule has 0 fully saturated rings. The number of nitrogens with one attached hydrogen (secondary N) is 1. The second-order valence-electron chi connectivity index (χ2n) is 4.81. The number of aryl methyl sites for hydroxylation is 1. The highest BCUT2D eigenvalue weighted by Crippen LogP contribution is 2.21. The highest BCUT2D eigenvalue weighted by atomic mass is 32.1. The molecule has 0 saturated carbocycles. The van der Waals surface area contributed by atoms with Crippen LogP contribution in [0.3, 0.4) is 0 Å². The molecule has 3 rings (SSSR count). The van der Waals surface area contributed by atoms with Crippen molar-refractivity contribution in [1.82, 2.24) is 14.9 Å². The summed E-state index contributed by atoms with van der Waals surface area (Å²) >= 11 is 5.24. The van der Waals surface area contributed by atoms with Crippen LogP contribution in [0, 0.1) is 11.7 Å². The Kier molecular flexibility index (Phi) is 4.38. The number of aromatic nitrogens is 3. The van der Waals surface area contributed by atoms with Crippen LogP contribution in [0.25, 0.3) is 11.4 Å². The maximum Gasteiger partial charge on any atom is 0.216 e. The van der Waals surface area contributed by atoms with Crippen LogP contribution >= 0.6 is 12.2 Å². The minimum absolute atomic E-state index is 0.411.